The van der Waals surface area contributed by atoms with Gasteiger partial charge in [-0.3, -0.25) is 14.7 Å². The Bertz CT molecular complexity index is 764. The van der Waals surface area contributed by atoms with Gasteiger partial charge in [-0.2, -0.15) is 0 Å². The van der Waals surface area contributed by atoms with Crippen LogP contribution in [0.1, 0.15) is 11.1 Å². The van der Waals surface area contributed by atoms with Gasteiger partial charge in [-0.15, -0.1) is 0 Å². The fourth-order valence-electron chi connectivity index (χ4n) is 2.41. The highest BCUT2D eigenvalue weighted by Crippen LogP contribution is 2.34. The highest BCUT2D eigenvalue weighted by molar-refractivity contribution is 8.19. The van der Waals surface area contributed by atoms with Crippen molar-refractivity contribution < 1.29 is 4.79 Å². The lowest BCUT2D eigenvalue weighted by molar-refractivity contribution is -0.113. The van der Waals surface area contributed by atoms with Crippen molar-refractivity contribution >= 4 is 28.5 Å². The lowest BCUT2D eigenvalue weighted by Gasteiger charge is -2.15. The maximum Gasteiger partial charge on any atom is 0.270 e. The van der Waals surface area contributed by atoms with Gasteiger partial charge in [0, 0.05) is 7.05 Å². The first kappa shape index (κ1) is 15.6. The van der Waals surface area contributed by atoms with Crippen LogP contribution >= 0.6 is 11.8 Å². The van der Waals surface area contributed by atoms with E-state index in [4.69, 9.17) is 0 Å². The molecule has 0 atom stereocenters. The summed E-state index contributed by atoms with van der Waals surface area (Å²) in [6.45, 7) is 2.03. The molecule has 1 aliphatic rings. The molecule has 23 heavy (non-hydrogen) atoms. The molecule has 1 aliphatic heterocycles. The summed E-state index contributed by atoms with van der Waals surface area (Å²) < 4.78 is 0. The Balaban J connectivity index is 1.85. The van der Waals surface area contributed by atoms with Crippen LogP contribution in [-0.2, 0) is 11.2 Å². The zero-order chi connectivity index (χ0) is 16.2. The molecule has 2 aromatic rings. The first-order valence-electron chi connectivity index (χ1n) is 7.49. The second-order valence-corrected chi connectivity index (χ2v) is 6.35. The highest BCUT2D eigenvalue weighted by atomic mass is 32.2. The van der Waals surface area contributed by atoms with Gasteiger partial charge in [-0.1, -0.05) is 54.1 Å². The summed E-state index contributed by atoms with van der Waals surface area (Å²) in [5, 5.41) is 0.721. The molecule has 1 amide bonds. The van der Waals surface area contributed by atoms with E-state index in [-0.39, 0.29) is 5.91 Å². The first-order valence-corrected chi connectivity index (χ1v) is 8.30. The van der Waals surface area contributed by atoms with Crippen LogP contribution in [0.15, 0.2) is 70.6 Å². The van der Waals surface area contributed by atoms with E-state index >= 15 is 0 Å². The largest absolute Gasteiger partial charge is 0.270 e. The number of benzene rings is 2. The number of carbonyl (C=O) groups is 1. The minimum Gasteiger partial charge on any atom is -0.268 e. The normalized spacial score (nSPS) is 18.2. The number of hydrogen-bond donors (Lipinski definition) is 0. The second-order valence-electron chi connectivity index (χ2n) is 5.34. The van der Waals surface area contributed by atoms with Crippen molar-refractivity contribution in [1.29, 1.82) is 0 Å². The van der Waals surface area contributed by atoms with Crippen molar-refractivity contribution in [2.24, 2.45) is 4.99 Å². The molecule has 0 saturated carbocycles. The summed E-state index contributed by atoms with van der Waals surface area (Å²) in [5.41, 5.74) is 3.22. The Hall–Kier alpha value is -2.33. The standard InChI is InChI=1S/C19H18N2OS/c1-14-8-11-16(12-9-14)21-18(22)17(23-19(21)20-2)13-10-15-6-4-3-5-7-15/h3-9,11-13H,10H2,1-2H3/b17-13+,20-19?. The van der Waals surface area contributed by atoms with E-state index in [0.717, 1.165) is 22.2 Å². The molecule has 0 bridgehead atoms. The van der Waals surface area contributed by atoms with Crippen LogP contribution in [0.5, 0.6) is 0 Å². The SMILES string of the molecule is CN=C1S/C(=C/Cc2ccccc2)C(=O)N1c1ccc(C)cc1. The number of aliphatic imine (C=N–C) groups is 1. The van der Waals surface area contributed by atoms with E-state index in [2.05, 4.69) is 17.1 Å². The van der Waals surface area contributed by atoms with Crippen molar-refractivity contribution in [3.63, 3.8) is 0 Å². The molecular weight excluding hydrogens is 304 g/mol. The number of nitrogens with zero attached hydrogens (tertiary/aromatic N) is 2. The third kappa shape index (κ3) is 3.37. The molecule has 4 heteroatoms. The predicted octanol–water partition coefficient (Wildman–Crippen LogP) is 4.19. The second kappa shape index (κ2) is 6.84. The zero-order valence-electron chi connectivity index (χ0n) is 13.2. The summed E-state index contributed by atoms with van der Waals surface area (Å²) in [7, 11) is 1.72. The third-order valence-corrected chi connectivity index (χ3v) is 4.76. The summed E-state index contributed by atoms with van der Waals surface area (Å²) >= 11 is 1.43. The molecule has 1 saturated heterocycles. The molecule has 0 unspecified atom stereocenters. The topological polar surface area (TPSA) is 32.7 Å². The minimum absolute atomic E-state index is 0.00427. The van der Waals surface area contributed by atoms with Crippen LogP contribution in [0, 0.1) is 6.92 Å². The van der Waals surface area contributed by atoms with Gasteiger partial charge < -0.3 is 0 Å². The van der Waals surface area contributed by atoms with Crippen molar-refractivity contribution in [2.45, 2.75) is 13.3 Å². The predicted molar refractivity (Wildman–Crippen MR) is 97.8 cm³/mol. The number of hydrogen-bond acceptors (Lipinski definition) is 3. The van der Waals surface area contributed by atoms with Crippen LogP contribution < -0.4 is 4.90 Å². The Morgan fingerprint density at radius 1 is 1.09 bits per heavy atom. The zero-order valence-corrected chi connectivity index (χ0v) is 14.0. The molecule has 0 aromatic heterocycles. The summed E-state index contributed by atoms with van der Waals surface area (Å²) in [6, 6.07) is 18.1. The maximum absolute atomic E-state index is 12.7. The van der Waals surface area contributed by atoms with Gasteiger partial charge in [-0.25, -0.2) is 0 Å². The maximum atomic E-state index is 12.7. The summed E-state index contributed by atoms with van der Waals surface area (Å²) in [4.78, 5) is 19.4. The van der Waals surface area contributed by atoms with Crippen molar-refractivity contribution in [1.82, 2.24) is 0 Å². The molecule has 0 spiro atoms. The van der Waals surface area contributed by atoms with Crippen LogP contribution in [-0.4, -0.2) is 18.1 Å². The number of amidine groups is 1. The molecule has 2 aromatic carbocycles. The highest BCUT2D eigenvalue weighted by Gasteiger charge is 2.33. The van der Waals surface area contributed by atoms with Gasteiger partial charge >= 0.3 is 0 Å². The molecule has 0 aliphatic carbocycles. The number of anilines is 1. The van der Waals surface area contributed by atoms with Crippen molar-refractivity contribution in [3.8, 4) is 0 Å². The first-order chi connectivity index (χ1) is 11.2. The van der Waals surface area contributed by atoms with Gasteiger partial charge in [0.05, 0.1) is 10.6 Å². The number of amides is 1. The average Bonchev–Trinajstić information content (AvgIpc) is 2.91. The minimum atomic E-state index is -0.00427. The lowest BCUT2D eigenvalue weighted by Crippen LogP contribution is -2.28. The molecule has 1 heterocycles. The van der Waals surface area contributed by atoms with Gasteiger partial charge in [0.25, 0.3) is 5.91 Å². The molecular formula is C19H18N2OS. The molecule has 3 rings (SSSR count). The fourth-order valence-corrected chi connectivity index (χ4v) is 3.32. The number of carbonyl (C=O) groups excluding carboxylic acids is 1. The lowest BCUT2D eigenvalue weighted by atomic mass is 10.1. The Morgan fingerprint density at radius 3 is 2.43 bits per heavy atom. The van der Waals surface area contributed by atoms with E-state index in [1.807, 2.05) is 55.5 Å². The monoisotopic (exact) mass is 322 g/mol. The smallest absolute Gasteiger partial charge is 0.268 e. The fraction of sp³-hybridized carbons (Fsp3) is 0.158. The van der Waals surface area contributed by atoms with Crippen LogP contribution in [0.25, 0.3) is 0 Å². The van der Waals surface area contributed by atoms with Gasteiger partial charge in [0.15, 0.2) is 5.17 Å². The Labute approximate surface area is 140 Å². The summed E-state index contributed by atoms with van der Waals surface area (Å²) in [6.07, 6.45) is 2.73. The van der Waals surface area contributed by atoms with E-state index in [1.165, 1.54) is 22.9 Å². The third-order valence-electron chi connectivity index (χ3n) is 3.66. The van der Waals surface area contributed by atoms with Gasteiger partial charge in [0.1, 0.15) is 0 Å². The number of aryl methyl sites for hydroxylation is 1. The quantitative estimate of drug-likeness (QED) is 0.794. The number of rotatable bonds is 3. The van der Waals surface area contributed by atoms with Gasteiger partial charge in [0.2, 0.25) is 0 Å². The molecule has 116 valence electrons. The van der Waals surface area contributed by atoms with E-state index < -0.39 is 0 Å². The number of allylic oxidation sites excluding steroid dienone is 1. The van der Waals surface area contributed by atoms with Gasteiger partial charge in [-0.05, 0) is 42.8 Å². The van der Waals surface area contributed by atoms with E-state index in [9.17, 15) is 4.79 Å². The van der Waals surface area contributed by atoms with E-state index in [0.29, 0.717) is 0 Å². The Kier molecular flexibility index (Phi) is 4.63. The summed E-state index contributed by atoms with van der Waals surface area (Å²) in [5.74, 6) is -0.00427. The number of thioether (sulfide) groups is 1. The molecule has 3 nitrogen and oxygen atoms in total. The average molecular weight is 322 g/mol. The van der Waals surface area contributed by atoms with E-state index in [1.54, 1.807) is 11.9 Å². The molecule has 0 N–H and O–H groups in total. The van der Waals surface area contributed by atoms with Crippen LogP contribution in [0.3, 0.4) is 0 Å². The van der Waals surface area contributed by atoms with Crippen LogP contribution in [0.4, 0.5) is 5.69 Å². The molecule has 0 radical (unpaired) electrons. The van der Waals surface area contributed by atoms with Crippen molar-refractivity contribution in [2.75, 3.05) is 11.9 Å². The van der Waals surface area contributed by atoms with Crippen LogP contribution in [0.2, 0.25) is 0 Å². The van der Waals surface area contributed by atoms with Crippen molar-refractivity contribution in [3.05, 3.63) is 76.7 Å². The Morgan fingerprint density at radius 2 is 1.78 bits per heavy atom. The molecule has 1 fully saturated rings.